The van der Waals surface area contributed by atoms with Crippen molar-refractivity contribution in [3.05, 3.63) is 66.5 Å². The molecule has 1 N–H and O–H groups in total. The molecular weight excluding hydrogens is 326 g/mol. The highest BCUT2D eigenvalue weighted by Gasteiger charge is 2.13. The Kier molecular flexibility index (Phi) is 5.07. The molecule has 0 unspecified atom stereocenters. The maximum absolute atomic E-state index is 12.4. The Morgan fingerprint density at radius 1 is 1.08 bits per heavy atom. The first-order chi connectivity index (χ1) is 11.8. The number of para-hydroxylation sites is 1. The maximum Gasteiger partial charge on any atom is 0.253 e. The zero-order chi connectivity index (χ0) is 16.8. The molecular formula is C16H15N5O2S. The van der Waals surface area contributed by atoms with E-state index < -0.39 is 10.8 Å². The number of rotatable bonds is 6. The number of nitrogens with one attached hydrogen (secondary N) is 1. The molecule has 7 nitrogen and oxygen atoms in total. The van der Waals surface area contributed by atoms with E-state index in [-0.39, 0.29) is 5.91 Å². The van der Waals surface area contributed by atoms with Gasteiger partial charge in [-0.3, -0.25) is 9.00 Å². The molecule has 0 bridgehead atoms. The summed E-state index contributed by atoms with van der Waals surface area (Å²) in [6.07, 6.45) is 1.43. The fourth-order valence-corrected chi connectivity index (χ4v) is 3.16. The highest BCUT2D eigenvalue weighted by Crippen LogP contribution is 2.12. The lowest BCUT2D eigenvalue weighted by molar-refractivity contribution is 0.0956. The standard InChI is InChI=1S/C16H15N5O2S/c22-16(17-10-11-24(23)13-6-2-1-3-7-13)14-8-4-5-9-15(14)21-12-18-19-20-21/h1-9,12H,10-11H2,(H,17,22)/t24-/m1/s1. The molecule has 3 rings (SSSR count). The van der Waals surface area contributed by atoms with Crippen molar-refractivity contribution in [2.45, 2.75) is 4.90 Å². The Bertz CT molecular complexity index is 837. The molecule has 0 radical (unpaired) electrons. The highest BCUT2D eigenvalue weighted by molar-refractivity contribution is 7.85. The second-order valence-corrected chi connectivity index (χ2v) is 6.46. The van der Waals surface area contributed by atoms with E-state index in [0.29, 0.717) is 23.5 Å². The summed E-state index contributed by atoms with van der Waals surface area (Å²) in [6.45, 7) is 0.310. The van der Waals surface area contributed by atoms with E-state index in [4.69, 9.17) is 0 Å². The molecule has 0 fully saturated rings. The summed E-state index contributed by atoms with van der Waals surface area (Å²) >= 11 is 0. The molecule has 0 aliphatic carbocycles. The molecule has 3 aromatic rings. The Balaban J connectivity index is 1.63. The van der Waals surface area contributed by atoms with Crippen molar-refractivity contribution in [1.82, 2.24) is 25.5 Å². The van der Waals surface area contributed by atoms with Crippen LogP contribution >= 0.6 is 0 Å². The first-order valence-electron chi connectivity index (χ1n) is 7.30. The van der Waals surface area contributed by atoms with Gasteiger partial charge in [-0.05, 0) is 34.7 Å². The number of hydrogen-bond acceptors (Lipinski definition) is 5. The molecule has 122 valence electrons. The van der Waals surface area contributed by atoms with Gasteiger partial charge in [-0.1, -0.05) is 30.3 Å². The largest absolute Gasteiger partial charge is 0.351 e. The number of carbonyl (C=O) groups excluding carboxylic acids is 1. The zero-order valence-electron chi connectivity index (χ0n) is 12.7. The number of tetrazole rings is 1. The maximum atomic E-state index is 12.4. The first kappa shape index (κ1) is 16.0. The van der Waals surface area contributed by atoms with Gasteiger partial charge in [0.1, 0.15) is 6.33 Å². The van der Waals surface area contributed by atoms with Gasteiger partial charge in [0.2, 0.25) is 0 Å². The van der Waals surface area contributed by atoms with Crippen molar-refractivity contribution in [3.8, 4) is 5.69 Å². The minimum Gasteiger partial charge on any atom is -0.351 e. The van der Waals surface area contributed by atoms with Crippen LogP contribution in [0.15, 0.2) is 65.8 Å². The molecule has 2 aromatic carbocycles. The quantitative estimate of drug-likeness (QED) is 0.728. The van der Waals surface area contributed by atoms with Gasteiger partial charge in [-0.15, -0.1) is 5.10 Å². The fraction of sp³-hybridized carbons (Fsp3) is 0.125. The van der Waals surface area contributed by atoms with Crippen LogP contribution in [0.3, 0.4) is 0 Å². The van der Waals surface area contributed by atoms with Crippen LogP contribution in [-0.2, 0) is 10.8 Å². The Morgan fingerprint density at radius 3 is 2.58 bits per heavy atom. The number of amides is 1. The van der Waals surface area contributed by atoms with Gasteiger partial charge in [0.25, 0.3) is 5.91 Å². The predicted octanol–water partition coefficient (Wildman–Crippen LogP) is 1.20. The summed E-state index contributed by atoms with van der Waals surface area (Å²) in [5, 5.41) is 13.7. The molecule has 24 heavy (non-hydrogen) atoms. The van der Waals surface area contributed by atoms with Crippen molar-refractivity contribution in [2.24, 2.45) is 0 Å². The number of aromatic nitrogens is 4. The molecule has 1 atom stereocenters. The van der Waals surface area contributed by atoms with Gasteiger partial charge in [-0.25, -0.2) is 0 Å². The smallest absolute Gasteiger partial charge is 0.253 e. The molecule has 0 aliphatic rings. The third-order valence-corrected chi connectivity index (χ3v) is 4.70. The predicted molar refractivity (Wildman–Crippen MR) is 89.2 cm³/mol. The second kappa shape index (κ2) is 7.60. The van der Waals surface area contributed by atoms with Gasteiger partial charge in [0.15, 0.2) is 0 Å². The van der Waals surface area contributed by atoms with E-state index >= 15 is 0 Å². The van der Waals surface area contributed by atoms with Crippen LogP contribution in [0, 0.1) is 0 Å². The number of carbonyl (C=O) groups is 1. The summed E-state index contributed by atoms with van der Waals surface area (Å²) in [7, 11) is -1.14. The monoisotopic (exact) mass is 341 g/mol. The third-order valence-electron chi connectivity index (χ3n) is 3.32. The van der Waals surface area contributed by atoms with Crippen LogP contribution in [0.2, 0.25) is 0 Å². The number of benzene rings is 2. The zero-order valence-corrected chi connectivity index (χ0v) is 13.5. The molecule has 1 heterocycles. The number of nitrogens with zero attached hydrogens (tertiary/aromatic N) is 4. The SMILES string of the molecule is O=C(NCC[S@@](=O)c1ccccc1)c1ccccc1-n1cnnn1. The van der Waals surface area contributed by atoms with Gasteiger partial charge >= 0.3 is 0 Å². The van der Waals surface area contributed by atoms with Crippen LogP contribution in [0.5, 0.6) is 0 Å². The van der Waals surface area contributed by atoms with E-state index in [1.807, 2.05) is 30.3 Å². The lowest BCUT2D eigenvalue weighted by Crippen LogP contribution is -2.28. The molecule has 8 heteroatoms. The van der Waals surface area contributed by atoms with Crippen LogP contribution in [0.1, 0.15) is 10.4 Å². The fourth-order valence-electron chi connectivity index (χ4n) is 2.18. The molecule has 0 saturated heterocycles. The Labute approximate surface area is 141 Å². The summed E-state index contributed by atoms with van der Waals surface area (Å²) in [4.78, 5) is 13.1. The van der Waals surface area contributed by atoms with Crippen molar-refractivity contribution >= 4 is 16.7 Å². The number of hydrogen-bond donors (Lipinski definition) is 1. The minimum atomic E-state index is -1.14. The minimum absolute atomic E-state index is 0.258. The first-order valence-corrected chi connectivity index (χ1v) is 8.61. The summed E-state index contributed by atoms with van der Waals surface area (Å²) in [6, 6.07) is 16.2. The van der Waals surface area contributed by atoms with Crippen molar-refractivity contribution in [1.29, 1.82) is 0 Å². The molecule has 1 aromatic heterocycles. The molecule has 0 aliphatic heterocycles. The second-order valence-electron chi connectivity index (χ2n) is 4.89. The molecule has 1 amide bonds. The van der Waals surface area contributed by atoms with Crippen molar-refractivity contribution in [2.75, 3.05) is 12.3 Å². The Morgan fingerprint density at radius 2 is 1.83 bits per heavy atom. The van der Waals surface area contributed by atoms with Gasteiger partial charge in [0, 0.05) is 17.2 Å². The van der Waals surface area contributed by atoms with E-state index in [0.717, 1.165) is 4.90 Å². The average Bonchev–Trinajstić information content (AvgIpc) is 3.17. The lowest BCUT2D eigenvalue weighted by atomic mass is 10.1. The summed E-state index contributed by atoms with van der Waals surface area (Å²) < 4.78 is 13.6. The Hall–Kier alpha value is -2.87. The summed E-state index contributed by atoms with van der Waals surface area (Å²) in [5.41, 5.74) is 1.04. The van der Waals surface area contributed by atoms with Crippen molar-refractivity contribution in [3.63, 3.8) is 0 Å². The van der Waals surface area contributed by atoms with Gasteiger partial charge < -0.3 is 5.32 Å². The molecule has 0 spiro atoms. The van der Waals surface area contributed by atoms with Gasteiger partial charge in [-0.2, -0.15) is 4.68 Å². The summed E-state index contributed by atoms with van der Waals surface area (Å²) in [5.74, 6) is 0.0918. The normalized spacial score (nSPS) is 11.8. The topological polar surface area (TPSA) is 89.8 Å². The van der Waals surface area contributed by atoms with Crippen LogP contribution in [0.25, 0.3) is 5.69 Å². The van der Waals surface area contributed by atoms with E-state index in [1.165, 1.54) is 11.0 Å². The van der Waals surface area contributed by atoms with E-state index in [2.05, 4.69) is 20.8 Å². The average molecular weight is 341 g/mol. The third kappa shape index (κ3) is 3.72. The van der Waals surface area contributed by atoms with Gasteiger partial charge in [0.05, 0.1) is 22.1 Å². The van der Waals surface area contributed by atoms with Crippen LogP contribution < -0.4 is 5.32 Å². The lowest BCUT2D eigenvalue weighted by Gasteiger charge is -2.09. The van der Waals surface area contributed by atoms with Crippen LogP contribution in [-0.4, -0.2) is 42.6 Å². The van der Waals surface area contributed by atoms with Crippen LogP contribution in [0.4, 0.5) is 0 Å². The van der Waals surface area contributed by atoms with E-state index in [1.54, 1.807) is 24.3 Å². The molecule has 0 saturated carbocycles. The highest BCUT2D eigenvalue weighted by atomic mass is 32.2. The van der Waals surface area contributed by atoms with E-state index in [9.17, 15) is 9.00 Å². The van der Waals surface area contributed by atoms with Crippen molar-refractivity contribution < 1.29 is 9.00 Å².